The second kappa shape index (κ2) is 10.1. The van der Waals surface area contributed by atoms with Crippen LogP contribution in [0.3, 0.4) is 0 Å². The first-order chi connectivity index (χ1) is 15.4. The van der Waals surface area contributed by atoms with Crippen molar-refractivity contribution in [1.82, 2.24) is 0 Å². The number of rotatable bonds is 9. The second-order valence-electron chi connectivity index (χ2n) is 6.53. The van der Waals surface area contributed by atoms with Crippen LogP contribution in [0.15, 0.2) is 66.7 Å². The fourth-order valence-electron chi connectivity index (χ4n) is 2.90. The van der Waals surface area contributed by atoms with Crippen LogP contribution in [-0.4, -0.2) is 32.0 Å². The Morgan fingerprint density at radius 3 is 2.09 bits per heavy atom. The van der Waals surface area contributed by atoms with Gasteiger partial charge in [-0.05, 0) is 54.1 Å². The third kappa shape index (κ3) is 5.23. The molecule has 0 radical (unpaired) electrons. The molecule has 0 aliphatic heterocycles. The zero-order valence-corrected chi connectivity index (χ0v) is 17.7. The van der Waals surface area contributed by atoms with Gasteiger partial charge in [0.2, 0.25) is 5.75 Å². The average molecular weight is 435 g/mol. The van der Waals surface area contributed by atoms with Crippen LogP contribution in [0.5, 0.6) is 28.7 Å². The van der Waals surface area contributed by atoms with Crippen LogP contribution in [0, 0.1) is 10.1 Å². The van der Waals surface area contributed by atoms with E-state index in [-0.39, 0.29) is 17.2 Å². The smallest absolute Gasteiger partial charge is 0.312 e. The number of benzene rings is 3. The number of nitrogens with zero attached hydrogens (tertiary/aromatic N) is 1. The van der Waals surface area contributed by atoms with E-state index in [1.54, 1.807) is 55.6 Å². The van der Waals surface area contributed by atoms with Gasteiger partial charge in [-0.1, -0.05) is 12.1 Å². The third-order valence-corrected chi connectivity index (χ3v) is 4.57. The lowest BCUT2D eigenvalue weighted by Gasteiger charge is -2.08. The highest BCUT2D eigenvalue weighted by Gasteiger charge is 2.17. The number of carbonyl (C=O) groups is 1. The number of methoxy groups -OCH3 is 3. The molecule has 0 fully saturated rings. The Bertz CT molecular complexity index is 1150. The molecule has 0 spiro atoms. The Hall–Kier alpha value is -4.33. The van der Waals surface area contributed by atoms with Crippen molar-refractivity contribution >= 4 is 17.5 Å². The van der Waals surface area contributed by atoms with Crippen molar-refractivity contribution in [3.05, 3.63) is 88.0 Å². The molecule has 8 heteroatoms. The first-order valence-corrected chi connectivity index (χ1v) is 9.50. The zero-order chi connectivity index (χ0) is 23.1. The van der Waals surface area contributed by atoms with Crippen molar-refractivity contribution in [1.29, 1.82) is 0 Å². The van der Waals surface area contributed by atoms with Gasteiger partial charge in [0.25, 0.3) is 0 Å². The van der Waals surface area contributed by atoms with Crippen LogP contribution in [0.4, 0.5) is 5.69 Å². The lowest BCUT2D eigenvalue weighted by atomic mass is 10.1. The molecule has 0 aromatic heterocycles. The fraction of sp³-hybridized carbons (Fsp3) is 0.125. The summed E-state index contributed by atoms with van der Waals surface area (Å²) in [7, 11) is 4.52. The highest BCUT2D eigenvalue weighted by Crippen LogP contribution is 2.33. The Morgan fingerprint density at radius 2 is 1.47 bits per heavy atom. The van der Waals surface area contributed by atoms with Crippen molar-refractivity contribution < 1.29 is 28.7 Å². The van der Waals surface area contributed by atoms with E-state index in [1.165, 1.54) is 38.5 Å². The Kier molecular flexibility index (Phi) is 7.07. The molecule has 8 nitrogen and oxygen atoms in total. The highest BCUT2D eigenvalue weighted by atomic mass is 16.6. The van der Waals surface area contributed by atoms with Gasteiger partial charge in [0, 0.05) is 12.1 Å². The maximum Gasteiger partial charge on any atom is 0.312 e. The Labute approximate surface area is 184 Å². The number of hydrogen-bond acceptors (Lipinski definition) is 7. The molecule has 3 rings (SSSR count). The number of nitro benzene ring substituents is 1. The number of allylic oxidation sites excluding steroid dienone is 1. The lowest BCUT2D eigenvalue weighted by molar-refractivity contribution is -0.385. The minimum absolute atomic E-state index is 0.0838. The van der Waals surface area contributed by atoms with E-state index in [0.717, 1.165) is 0 Å². The molecule has 0 N–H and O–H groups in total. The Morgan fingerprint density at radius 1 is 0.812 bits per heavy atom. The molecular formula is C24H21NO7. The predicted molar refractivity (Wildman–Crippen MR) is 119 cm³/mol. The summed E-state index contributed by atoms with van der Waals surface area (Å²) >= 11 is 0. The molecule has 0 heterocycles. The monoisotopic (exact) mass is 435 g/mol. The number of ether oxygens (including phenoxy) is 4. The van der Waals surface area contributed by atoms with Gasteiger partial charge < -0.3 is 18.9 Å². The summed E-state index contributed by atoms with van der Waals surface area (Å²) in [5.74, 6) is 1.77. The minimum Gasteiger partial charge on any atom is -0.497 e. The van der Waals surface area contributed by atoms with Gasteiger partial charge in [-0.15, -0.1) is 0 Å². The Balaban J connectivity index is 1.82. The third-order valence-electron chi connectivity index (χ3n) is 4.57. The molecule has 3 aromatic rings. The normalized spacial score (nSPS) is 10.6. The highest BCUT2D eigenvalue weighted by molar-refractivity contribution is 6.08. The summed E-state index contributed by atoms with van der Waals surface area (Å²) in [5.41, 5.74) is 0.593. The quantitative estimate of drug-likeness (QED) is 0.194. The predicted octanol–water partition coefficient (Wildman–Crippen LogP) is 5.31. The maximum absolute atomic E-state index is 12.6. The van der Waals surface area contributed by atoms with E-state index in [2.05, 4.69) is 0 Å². The molecule has 0 saturated heterocycles. The molecule has 0 unspecified atom stereocenters. The van der Waals surface area contributed by atoms with Gasteiger partial charge in [-0.3, -0.25) is 14.9 Å². The van der Waals surface area contributed by atoms with Crippen LogP contribution >= 0.6 is 0 Å². The molecule has 0 aliphatic carbocycles. The first-order valence-electron chi connectivity index (χ1n) is 9.50. The average Bonchev–Trinajstić information content (AvgIpc) is 2.83. The summed E-state index contributed by atoms with van der Waals surface area (Å²) in [5, 5.41) is 11.6. The molecule has 32 heavy (non-hydrogen) atoms. The van der Waals surface area contributed by atoms with E-state index >= 15 is 0 Å². The molecular weight excluding hydrogens is 414 g/mol. The van der Waals surface area contributed by atoms with Crippen LogP contribution < -0.4 is 18.9 Å². The molecule has 3 aromatic carbocycles. The van der Waals surface area contributed by atoms with Crippen LogP contribution in [0.1, 0.15) is 15.9 Å². The van der Waals surface area contributed by atoms with Crippen LogP contribution in [0.25, 0.3) is 6.08 Å². The van der Waals surface area contributed by atoms with E-state index in [1.807, 2.05) is 0 Å². The van der Waals surface area contributed by atoms with Gasteiger partial charge in [-0.2, -0.15) is 0 Å². The SMILES string of the molecule is COc1ccc(Oc2ccc(/C=C/C(=O)c3ccc(OC)cc3OC)cc2[N+](=O)[O-])cc1. The van der Waals surface area contributed by atoms with Gasteiger partial charge >= 0.3 is 5.69 Å². The largest absolute Gasteiger partial charge is 0.497 e. The van der Waals surface area contributed by atoms with Crippen LogP contribution in [0.2, 0.25) is 0 Å². The lowest BCUT2D eigenvalue weighted by Crippen LogP contribution is -1.99. The summed E-state index contributed by atoms with van der Waals surface area (Å²) in [6.45, 7) is 0. The molecule has 164 valence electrons. The fourth-order valence-corrected chi connectivity index (χ4v) is 2.90. The van der Waals surface area contributed by atoms with Gasteiger partial charge in [0.05, 0.1) is 31.8 Å². The van der Waals surface area contributed by atoms with Crippen molar-refractivity contribution in [2.75, 3.05) is 21.3 Å². The molecule has 0 amide bonds. The second-order valence-corrected chi connectivity index (χ2v) is 6.53. The van der Waals surface area contributed by atoms with E-state index in [4.69, 9.17) is 18.9 Å². The summed E-state index contributed by atoms with van der Waals surface area (Å²) in [4.78, 5) is 23.6. The topological polar surface area (TPSA) is 97.1 Å². The van der Waals surface area contributed by atoms with Crippen LogP contribution in [-0.2, 0) is 0 Å². The van der Waals surface area contributed by atoms with Crippen molar-refractivity contribution in [3.8, 4) is 28.7 Å². The number of nitro groups is 1. The summed E-state index contributed by atoms with van der Waals surface area (Å²) in [6.07, 6.45) is 2.82. The van der Waals surface area contributed by atoms with E-state index in [0.29, 0.717) is 34.1 Å². The van der Waals surface area contributed by atoms with E-state index < -0.39 is 4.92 Å². The van der Waals surface area contributed by atoms with Crippen molar-refractivity contribution in [2.45, 2.75) is 0 Å². The number of hydrogen-bond donors (Lipinski definition) is 0. The maximum atomic E-state index is 12.6. The zero-order valence-electron chi connectivity index (χ0n) is 17.7. The van der Waals surface area contributed by atoms with Crippen molar-refractivity contribution in [2.24, 2.45) is 0 Å². The van der Waals surface area contributed by atoms with Gasteiger partial charge in [-0.25, -0.2) is 0 Å². The van der Waals surface area contributed by atoms with E-state index in [9.17, 15) is 14.9 Å². The summed E-state index contributed by atoms with van der Waals surface area (Å²) < 4.78 is 21.1. The molecule has 0 atom stereocenters. The van der Waals surface area contributed by atoms with Gasteiger partial charge in [0.1, 0.15) is 23.0 Å². The summed E-state index contributed by atoms with van der Waals surface area (Å²) in [6, 6.07) is 16.0. The molecule has 0 bridgehead atoms. The standard InChI is InChI=1S/C24H21NO7/c1-29-17-6-8-18(9-7-17)32-23-13-5-16(14-21(23)25(27)28)4-12-22(26)20-11-10-19(30-2)15-24(20)31-3/h4-15H,1-3H3/b12-4+. The minimum atomic E-state index is -0.537. The first kappa shape index (κ1) is 22.4. The number of carbonyl (C=O) groups excluding carboxylic acids is 1. The van der Waals surface area contributed by atoms with Gasteiger partial charge in [0.15, 0.2) is 5.78 Å². The number of ketones is 1. The molecule has 0 aliphatic rings. The van der Waals surface area contributed by atoms with Crippen molar-refractivity contribution in [3.63, 3.8) is 0 Å². The molecule has 0 saturated carbocycles.